The van der Waals surface area contributed by atoms with Crippen LogP contribution in [0.2, 0.25) is 0 Å². The number of rotatable bonds is 11. The summed E-state index contributed by atoms with van der Waals surface area (Å²) in [4.78, 5) is 29.6. The van der Waals surface area contributed by atoms with Crippen LogP contribution in [-0.4, -0.2) is 48.2 Å². The van der Waals surface area contributed by atoms with Gasteiger partial charge in [0.1, 0.15) is 5.75 Å². The smallest absolute Gasteiger partial charge is 0.349 e. The van der Waals surface area contributed by atoms with E-state index < -0.39 is 11.6 Å². The number of hydrogen-bond donors (Lipinski definition) is 0. The first-order chi connectivity index (χ1) is 18.3. The molecule has 200 valence electrons. The highest BCUT2D eigenvalue weighted by molar-refractivity contribution is 7.98. The molecule has 1 saturated heterocycles. The van der Waals surface area contributed by atoms with Gasteiger partial charge in [0, 0.05) is 36.0 Å². The lowest BCUT2D eigenvalue weighted by molar-refractivity contribution is -0.158. The number of nitrogens with zero attached hydrogens (tertiary/aromatic N) is 1. The lowest BCUT2D eigenvalue weighted by Crippen LogP contribution is -2.39. The fourth-order valence-electron chi connectivity index (χ4n) is 5.08. The zero-order chi connectivity index (χ0) is 27.1. The zero-order valence-corrected chi connectivity index (χ0v) is 23.5. The maximum atomic E-state index is 13.7. The molecule has 1 aliphatic heterocycles. The van der Waals surface area contributed by atoms with Crippen LogP contribution in [0, 0.1) is 11.8 Å². The molecule has 0 radical (unpaired) electrons. The van der Waals surface area contributed by atoms with Gasteiger partial charge in [-0.3, -0.25) is 9.69 Å². The number of ether oxygens (including phenoxy) is 2. The largest absolute Gasteiger partial charge is 0.476 e. The van der Waals surface area contributed by atoms with Crippen molar-refractivity contribution >= 4 is 23.5 Å². The first-order valence-corrected chi connectivity index (χ1v) is 14.4. The molecule has 0 aliphatic carbocycles. The maximum absolute atomic E-state index is 13.7. The van der Waals surface area contributed by atoms with Crippen LogP contribution in [0.3, 0.4) is 0 Å². The van der Waals surface area contributed by atoms with E-state index in [4.69, 9.17) is 9.47 Å². The highest BCUT2D eigenvalue weighted by Gasteiger charge is 2.38. The molecule has 0 bridgehead atoms. The Labute approximate surface area is 230 Å². The van der Waals surface area contributed by atoms with Crippen molar-refractivity contribution in [1.29, 1.82) is 0 Å². The second-order valence-corrected chi connectivity index (χ2v) is 11.2. The number of carbonyl (C=O) groups excluding carboxylic acids is 2. The van der Waals surface area contributed by atoms with Crippen LogP contribution in [0.1, 0.15) is 42.3 Å². The van der Waals surface area contributed by atoms with Crippen molar-refractivity contribution in [3.63, 3.8) is 0 Å². The molecule has 0 N–H and O–H groups in total. The molecule has 4 rings (SSSR count). The Morgan fingerprint density at radius 1 is 0.947 bits per heavy atom. The molecule has 1 fully saturated rings. The predicted molar refractivity (Wildman–Crippen MR) is 153 cm³/mol. The number of thioether (sulfide) groups is 1. The summed E-state index contributed by atoms with van der Waals surface area (Å²) in [6, 6.07) is 26.2. The molecule has 3 aromatic rings. The molecule has 0 aromatic heterocycles. The summed E-state index contributed by atoms with van der Waals surface area (Å²) in [6.45, 7) is 7.92. The topological polar surface area (TPSA) is 55.8 Å². The summed E-state index contributed by atoms with van der Waals surface area (Å²) < 4.78 is 11.2. The quantitative estimate of drug-likeness (QED) is 0.164. The van der Waals surface area contributed by atoms with Crippen molar-refractivity contribution in [2.24, 2.45) is 11.8 Å². The highest BCUT2D eigenvalue weighted by Crippen LogP contribution is 2.32. The van der Waals surface area contributed by atoms with E-state index in [1.807, 2.05) is 54.8 Å². The van der Waals surface area contributed by atoms with E-state index in [-0.39, 0.29) is 17.6 Å². The van der Waals surface area contributed by atoms with E-state index in [0.717, 1.165) is 42.1 Å². The average molecular weight is 532 g/mol. The van der Waals surface area contributed by atoms with Crippen molar-refractivity contribution in [2.45, 2.75) is 44.2 Å². The van der Waals surface area contributed by atoms with Crippen molar-refractivity contribution in [1.82, 2.24) is 4.90 Å². The van der Waals surface area contributed by atoms with E-state index in [1.165, 1.54) is 5.56 Å². The van der Waals surface area contributed by atoms with Gasteiger partial charge in [0.25, 0.3) is 0 Å². The fourth-order valence-corrected chi connectivity index (χ4v) is 5.49. The minimum atomic E-state index is -1.09. The van der Waals surface area contributed by atoms with Crippen LogP contribution < -0.4 is 4.74 Å². The van der Waals surface area contributed by atoms with Crippen LogP contribution in [0.15, 0.2) is 83.8 Å². The van der Waals surface area contributed by atoms with Crippen LogP contribution in [0.25, 0.3) is 0 Å². The summed E-state index contributed by atoms with van der Waals surface area (Å²) in [6.07, 6.45) is 2.79. The number of Topliss-reactive ketones (excluding diaryl/α,β-unsaturated/α-hetero) is 1. The average Bonchev–Trinajstić information content (AvgIpc) is 3.30. The molecule has 2 atom stereocenters. The Morgan fingerprint density at radius 2 is 1.66 bits per heavy atom. The Bertz CT molecular complexity index is 1230. The van der Waals surface area contributed by atoms with E-state index in [0.29, 0.717) is 12.4 Å². The zero-order valence-electron chi connectivity index (χ0n) is 22.7. The number of hydrogen-bond acceptors (Lipinski definition) is 6. The van der Waals surface area contributed by atoms with Crippen LogP contribution in [0.5, 0.6) is 5.75 Å². The van der Waals surface area contributed by atoms with E-state index >= 15 is 0 Å². The van der Waals surface area contributed by atoms with Gasteiger partial charge in [-0.2, -0.15) is 0 Å². The third-order valence-electron chi connectivity index (χ3n) is 7.01. The normalized spacial score (nSPS) is 17.8. The number of ketones is 1. The van der Waals surface area contributed by atoms with Gasteiger partial charge in [-0.05, 0) is 74.8 Å². The Balaban J connectivity index is 1.53. The second-order valence-electron chi connectivity index (χ2n) is 10.3. The Hall–Kier alpha value is -3.09. The fraction of sp³-hybridized carbons (Fsp3) is 0.375. The van der Waals surface area contributed by atoms with Crippen LogP contribution in [0.4, 0.5) is 0 Å². The van der Waals surface area contributed by atoms with E-state index in [1.54, 1.807) is 32.5 Å². The first-order valence-electron chi connectivity index (χ1n) is 13.2. The molecule has 5 nitrogen and oxygen atoms in total. The maximum Gasteiger partial charge on any atom is 0.349 e. The monoisotopic (exact) mass is 531 g/mol. The van der Waals surface area contributed by atoms with E-state index in [9.17, 15) is 9.59 Å². The molecular formula is C32H37NO4S. The van der Waals surface area contributed by atoms with Gasteiger partial charge < -0.3 is 9.47 Å². The minimum Gasteiger partial charge on any atom is -0.476 e. The molecule has 0 spiro atoms. The highest BCUT2D eigenvalue weighted by atomic mass is 32.2. The lowest BCUT2D eigenvalue weighted by atomic mass is 9.84. The summed E-state index contributed by atoms with van der Waals surface area (Å²) in [7, 11) is 0. The Morgan fingerprint density at radius 3 is 2.34 bits per heavy atom. The second kappa shape index (κ2) is 12.6. The number of benzene rings is 3. The predicted octanol–water partition coefficient (Wildman–Crippen LogP) is 6.30. The third-order valence-corrected chi connectivity index (χ3v) is 7.76. The van der Waals surface area contributed by atoms with Crippen LogP contribution in [-0.2, 0) is 22.5 Å². The summed E-state index contributed by atoms with van der Waals surface area (Å²) in [5, 5.41) is 0. The molecule has 0 amide bonds. The van der Waals surface area contributed by atoms with Gasteiger partial charge in [0.2, 0.25) is 0 Å². The summed E-state index contributed by atoms with van der Waals surface area (Å²) in [5.41, 5.74) is 2.02. The van der Waals surface area contributed by atoms with Gasteiger partial charge in [-0.1, -0.05) is 54.6 Å². The van der Waals surface area contributed by atoms with Crippen molar-refractivity contribution in [3.05, 3.63) is 95.6 Å². The molecule has 38 heavy (non-hydrogen) atoms. The number of likely N-dealkylation sites (tertiary alicyclic amines) is 1. The van der Waals surface area contributed by atoms with Gasteiger partial charge >= 0.3 is 5.97 Å². The molecule has 6 heteroatoms. The van der Waals surface area contributed by atoms with Crippen molar-refractivity contribution in [2.75, 3.05) is 26.0 Å². The molecule has 1 unspecified atom stereocenters. The molecule has 0 saturated carbocycles. The van der Waals surface area contributed by atoms with Crippen molar-refractivity contribution in [3.8, 4) is 5.75 Å². The third kappa shape index (κ3) is 7.06. The molecular weight excluding hydrogens is 494 g/mol. The minimum absolute atomic E-state index is 0.0978. The molecule has 1 aliphatic rings. The molecule has 3 aromatic carbocycles. The van der Waals surface area contributed by atoms with Gasteiger partial charge in [0.05, 0.1) is 6.61 Å². The SMILES string of the molecule is CCOC(=O)C(C)(C)Oc1cccc(C[C@H]2CN(Cc3ccccc3)CC2C(=O)c2ccc(SC)cc2)c1. The summed E-state index contributed by atoms with van der Waals surface area (Å²) >= 11 is 1.67. The standard InChI is InChI=1S/C32H37NO4S/c1-5-36-31(35)32(2,3)37-27-13-9-12-24(19-27)18-26-21-33(20-23-10-7-6-8-11-23)22-29(26)30(34)25-14-16-28(38-4)17-15-25/h6-17,19,26,29H,5,18,20-22H2,1-4H3/t26-,29?/m0/s1. The van der Waals surface area contributed by atoms with E-state index in [2.05, 4.69) is 35.2 Å². The number of esters is 1. The summed E-state index contributed by atoms with van der Waals surface area (Å²) in [5.74, 6) is 0.499. The first kappa shape index (κ1) is 27.9. The van der Waals surface area contributed by atoms with Gasteiger partial charge in [0.15, 0.2) is 11.4 Å². The van der Waals surface area contributed by atoms with Gasteiger partial charge in [-0.15, -0.1) is 11.8 Å². The van der Waals surface area contributed by atoms with Crippen LogP contribution >= 0.6 is 11.8 Å². The Kier molecular flexibility index (Phi) is 9.29. The molecule has 1 heterocycles. The lowest BCUT2D eigenvalue weighted by Gasteiger charge is -2.24. The van der Waals surface area contributed by atoms with Gasteiger partial charge in [-0.25, -0.2) is 4.79 Å². The number of carbonyl (C=O) groups is 2. The van der Waals surface area contributed by atoms with Crippen molar-refractivity contribution < 1.29 is 19.1 Å².